The van der Waals surface area contributed by atoms with Gasteiger partial charge in [-0.1, -0.05) is 34.4 Å². The molecule has 1 heterocycles. The zero-order valence-corrected chi connectivity index (χ0v) is 17.6. The second-order valence-electron chi connectivity index (χ2n) is 5.06. The number of aliphatic imine (C=N–C) groups is 1. The Kier molecular flexibility index (Phi) is 8.79. The van der Waals surface area contributed by atoms with Crippen LogP contribution in [0.4, 0.5) is 0 Å². The van der Waals surface area contributed by atoms with Crippen LogP contribution in [0.25, 0.3) is 0 Å². The summed E-state index contributed by atoms with van der Waals surface area (Å²) in [6.07, 6.45) is 0.639. The van der Waals surface area contributed by atoms with Crippen LogP contribution in [0.1, 0.15) is 17.3 Å². The number of benzene rings is 1. The van der Waals surface area contributed by atoms with Gasteiger partial charge in [-0.2, -0.15) is 4.98 Å². The van der Waals surface area contributed by atoms with Gasteiger partial charge in [0, 0.05) is 33.6 Å². The number of rotatable bonds is 5. The van der Waals surface area contributed by atoms with Crippen molar-refractivity contribution in [2.75, 3.05) is 20.6 Å². The van der Waals surface area contributed by atoms with Crippen molar-refractivity contribution in [2.45, 2.75) is 19.9 Å². The number of nitrogens with zero attached hydrogens (tertiary/aromatic N) is 4. The molecule has 0 fully saturated rings. The van der Waals surface area contributed by atoms with E-state index in [4.69, 9.17) is 27.7 Å². The minimum Gasteiger partial charge on any atom is -0.356 e. The predicted molar refractivity (Wildman–Crippen MR) is 107 cm³/mol. The molecule has 0 spiro atoms. The minimum absolute atomic E-state index is 0. The molecule has 1 N–H and O–H groups in total. The molecule has 0 bridgehead atoms. The lowest BCUT2D eigenvalue weighted by atomic mass is 10.2. The fourth-order valence-electron chi connectivity index (χ4n) is 2.09. The van der Waals surface area contributed by atoms with Gasteiger partial charge < -0.3 is 14.7 Å². The Hall–Kier alpha value is -1.06. The first-order valence-corrected chi connectivity index (χ1v) is 7.90. The van der Waals surface area contributed by atoms with E-state index in [1.54, 1.807) is 20.0 Å². The first-order chi connectivity index (χ1) is 11.0. The third kappa shape index (κ3) is 6.10. The van der Waals surface area contributed by atoms with Gasteiger partial charge in [-0.15, -0.1) is 24.0 Å². The van der Waals surface area contributed by atoms with E-state index in [-0.39, 0.29) is 24.0 Å². The van der Waals surface area contributed by atoms with Crippen molar-refractivity contribution in [3.63, 3.8) is 0 Å². The van der Waals surface area contributed by atoms with Crippen molar-refractivity contribution in [1.29, 1.82) is 0 Å². The maximum atomic E-state index is 6.04. The average molecular weight is 484 g/mol. The molecular weight excluding hydrogens is 464 g/mol. The van der Waals surface area contributed by atoms with Crippen LogP contribution in [-0.4, -0.2) is 41.6 Å². The van der Waals surface area contributed by atoms with E-state index in [1.165, 1.54) is 0 Å². The van der Waals surface area contributed by atoms with Crippen molar-refractivity contribution in [2.24, 2.45) is 4.99 Å². The molecule has 0 unspecified atom stereocenters. The number of nitrogens with one attached hydrogen (secondary N) is 1. The van der Waals surface area contributed by atoms with Gasteiger partial charge in [0.05, 0.1) is 10.0 Å². The Balaban J connectivity index is 0.00000288. The van der Waals surface area contributed by atoms with Gasteiger partial charge in [-0.3, -0.25) is 4.99 Å². The average Bonchev–Trinajstić information content (AvgIpc) is 2.93. The molecule has 0 aliphatic heterocycles. The highest BCUT2D eigenvalue weighted by Crippen LogP contribution is 2.23. The van der Waals surface area contributed by atoms with Crippen LogP contribution >= 0.6 is 47.2 Å². The third-order valence-electron chi connectivity index (χ3n) is 3.17. The Morgan fingerprint density at radius 2 is 2.08 bits per heavy atom. The maximum absolute atomic E-state index is 6.04. The highest BCUT2D eigenvalue weighted by molar-refractivity contribution is 14.0. The topological polar surface area (TPSA) is 66.5 Å². The van der Waals surface area contributed by atoms with Crippen LogP contribution in [0.3, 0.4) is 0 Å². The third-order valence-corrected chi connectivity index (χ3v) is 3.91. The van der Waals surface area contributed by atoms with Crippen LogP contribution in [0, 0.1) is 6.92 Å². The first kappa shape index (κ1) is 21.0. The number of hydrogen-bond donors (Lipinski definition) is 1. The Bertz CT molecular complexity index is 692. The second kappa shape index (κ2) is 10.0. The molecule has 1 aromatic carbocycles. The Labute approximate surface area is 168 Å². The van der Waals surface area contributed by atoms with Crippen molar-refractivity contribution in [3.05, 3.63) is 45.5 Å². The van der Waals surface area contributed by atoms with Crippen LogP contribution < -0.4 is 5.32 Å². The van der Waals surface area contributed by atoms with E-state index >= 15 is 0 Å². The SMILES string of the molecule is CN=C(NCCc1nc(C)no1)N(C)Cc1ccc(Cl)c(Cl)c1.I. The van der Waals surface area contributed by atoms with Crippen LogP contribution in [0.15, 0.2) is 27.7 Å². The summed E-state index contributed by atoms with van der Waals surface area (Å²) in [7, 11) is 3.69. The van der Waals surface area contributed by atoms with E-state index in [0.29, 0.717) is 41.3 Å². The maximum Gasteiger partial charge on any atom is 0.228 e. The number of aryl methyl sites for hydroxylation is 1. The van der Waals surface area contributed by atoms with Gasteiger partial charge in [-0.25, -0.2) is 0 Å². The Morgan fingerprint density at radius 1 is 1.33 bits per heavy atom. The first-order valence-electron chi connectivity index (χ1n) is 7.14. The number of hydrogen-bond acceptors (Lipinski definition) is 4. The number of aromatic nitrogens is 2. The highest BCUT2D eigenvalue weighted by Gasteiger charge is 2.09. The minimum atomic E-state index is 0. The summed E-state index contributed by atoms with van der Waals surface area (Å²) >= 11 is 12.0. The molecule has 0 radical (unpaired) electrons. The van der Waals surface area contributed by atoms with Crippen molar-refractivity contribution in [1.82, 2.24) is 20.4 Å². The normalized spacial score (nSPS) is 11.1. The second-order valence-corrected chi connectivity index (χ2v) is 5.88. The van der Waals surface area contributed by atoms with Gasteiger partial charge >= 0.3 is 0 Å². The standard InChI is InChI=1S/C15H19Cl2N5O.HI/c1-10-20-14(23-21-10)6-7-19-15(18-2)22(3)9-11-4-5-12(16)13(17)8-11;/h4-5,8H,6-7,9H2,1-3H3,(H,18,19);1H. The molecule has 9 heteroatoms. The van der Waals surface area contributed by atoms with Crippen LogP contribution in [0.2, 0.25) is 10.0 Å². The van der Waals surface area contributed by atoms with E-state index in [2.05, 4.69) is 20.4 Å². The van der Waals surface area contributed by atoms with E-state index in [0.717, 1.165) is 11.5 Å². The molecule has 6 nitrogen and oxygen atoms in total. The van der Waals surface area contributed by atoms with Crippen molar-refractivity contribution in [3.8, 4) is 0 Å². The molecule has 132 valence electrons. The largest absolute Gasteiger partial charge is 0.356 e. The van der Waals surface area contributed by atoms with Gasteiger partial charge in [0.1, 0.15) is 0 Å². The predicted octanol–water partition coefficient (Wildman–Crippen LogP) is 3.55. The summed E-state index contributed by atoms with van der Waals surface area (Å²) in [4.78, 5) is 10.4. The lowest BCUT2D eigenvalue weighted by Crippen LogP contribution is -2.39. The molecule has 0 amide bonds. The number of halogens is 3. The van der Waals surface area contributed by atoms with E-state index in [1.807, 2.05) is 24.1 Å². The monoisotopic (exact) mass is 483 g/mol. The summed E-state index contributed by atoms with van der Waals surface area (Å²) < 4.78 is 5.08. The molecular formula is C15H20Cl2IN5O. The molecule has 0 aliphatic carbocycles. The molecule has 0 saturated carbocycles. The van der Waals surface area contributed by atoms with Crippen LogP contribution in [0.5, 0.6) is 0 Å². The Morgan fingerprint density at radius 3 is 2.67 bits per heavy atom. The molecule has 0 aliphatic rings. The zero-order chi connectivity index (χ0) is 16.8. The molecule has 2 rings (SSSR count). The summed E-state index contributed by atoms with van der Waals surface area (Å²) in [5, 5.41) is 8.12. The quantitative estimate of drug-likeness (QED) is 0.400. The molecule has 0 saturated heterocycles. The van der Waals surface area contributed by atoms with Gasteiger partial charge in [0.25, 0.3) is 0 Å². The van der Waals surface area contributed by atoms with Crippen molar-refractivity contribution < 1.29 is 4.52 Å². The van der Waals surface area contributed by atoms with Crippen molar-refractivity contribution >= 4 is 53.1 Å². The highest BCUT2D eigenvalue weighted by atomic mass is 127. The van der Waals surface area contributed by atoms with Gasteiger partial charge in [-0.05, 0) is 24.6 Å². The van der Waals surface area contributed by atoms with E-state index in [9.17, 15) is 0 Å². The van der Waals surface area contributed by atoms with Crippen LogP contribution in [-0.2, 0) is 13.0 Å². The van der Waals surface area contributed by atoms with E-state index < -0.39 is 0 Å². The lowest BCUT2D eigenvalue weighted by Gasteiger charge is -2.22. The molecule has 24 heavy (non-hydrogen) atoms. The summed E-state index contributed by atoms with van der Waals surface area (Å²) in [6, 6.07) is 5.59. The van der Waals surface area contributed by atoms with Gasteiger partial charge in [0.15, 0.2) is 11.8 Å². The zero-order valence-electron chi connectivity index (χ0n) is 13.7. The summed E-state index contributed by atoms with van der Waals surface area (Å²) in [5.74, 6) is 2.02. The molecule has 1 aromatic heterocycles. The fraction of sp³-hybridized carbons (Fsp3) is 0.400. The molecule has 0 atom stereocenters. The van der Waals surface area contributed by atoms with Gasteiger partial charge in [0.2, 0.25) is 5.89 Å². The summed E-state index contributed by atoms with van der Waals surface area (Å²) in [5.41, 5.74) is 1.05. The fourth-order valence-corrected chi connectivity index (χ4v) is 2.41. The summed E-state index contributed by atoms with van der Waals surface area (Å²) in [6.45, 7) is 3.11. The molecule has 2 aromatic rings. The smallest absolute Gasteiger partial charge is 0.228 e. The lowest BCUT2D eigenvalue weighted by molar-refractivity contribution is 0.373. The number of guanidine groups is 1.